The molecule has 0 aliphatic carbocycles. The Balaban J connectivity index is 2.56. The average molecular weight is 169 g/mol. The average Bonchev–Trinajstić information content (AvgIpc) is 2.52. The summed E-state index contributed by atoms with van der Waals surface area (Å²) >= 11 is 1.84. The zero-order valence-electron chi connectivity index (χ0n) is 6.92. The number of hydrogen-bond donors (Lipinski definition) is 1. The lowest BCUT2D eigenvalue weighted by Crippen LogP contribution is -2.05. The van der Waals surface area contributed by atoms with Crippen LogP contribution in [-0.2, 0) is 0 Å². The Morgan fingerprint density at radius 1 is 1.64 bits per heavy atom. The van der Waals surface area contributed by atoms with Gasteiger partial charge in [-0.3, -0.25) is 0 Å². The molecule has 0 spiro atoms. The maximum atomic E-state index is 5.52. The van der Waals surface area contributed by atoms with Gasteiger partial charge in [0.1, 0.15) is 0 Å². The Morgan fingerprint density at radius 2 is 2.45 bits per heavy atom. The van der Waals surface area contributed by atoms with Crippen LogP contribution in [-0.4, -0.2) is 6.54 Å². The minimum Gasteiger partial charge on any atom is -0.330 e. The summed E-state index contributed by atoms with van der Waals surface area (Å²) in [6.07, 6.45) is 2.33. The molecule has 0 aliphatic rings. The largest absolute Gasteiger partial charge is 0.330 e. The van der Waals surface area contributed by atoms with Crippen LogP contribution in [0.3, 0.4) is 0 Å². The summed E-state index contributed by atoms with van der Waals surface area (Å²) < 4.78 is 0. The van der Waals surface area contributed by atoms with Gasteiger partial charge in [0.25, 0.3) is 0 Å². The molecule has 0 aliphatic heterocycles. The lowest BCUT2D eigenvalue weighted by molar-refractivity contribution is 0.624. The number of nitrogens with two attached hydrogens (primary N) is 1. The van der Waals surface area contributed by atoms with Crippen LogP contribution in [0.1, 0.15) is 30.6 Å². The molecule has 0 radical (unpaired) electrons. The quantitative estimate of drug-likeness (QED) is 0.736. The predicted octanol–water partition coefficient (Wildman–Crippen LogP) is 2.59. The maximum Gasteiger partial charge on any atom is 0.00765 e. The van der Waals surface area contributed by atoms with Crippen molar-refractivity contribution in [1.29, 1.82) is 0 Å². The van der Waals surface area contributed by atoms with Gasteiger partial charge in [0.15, 0.2) is 0 Å². The minimum atomic E-state index is 0.694. The third kappa shape index (κ3) is 2.31. The zero-order chi connectivity index (χ0) is 8.10. The van der Waals surface area contributed by atoms with Crippen molar-refractivity contribution in [3.63, 3.8) is 0 Å². The molecule has 1 unspecified atom stereocenters. The Labute approximate surface area is 72.2 Å². The Kier molecular flexibility index (Phi) is 3.60. The smallest absolute Gasteiger partial charge is 0.00765 e. The molecule has 62 valence electrons. The second-order valence-corrected chi connectivity index (χ2v) is 3.68. The molecule has 1 rings (SSSR count). The monoisotopic (exact) mass is 169 g/mol. The Bertz CT molecular complexity index is 181. The van der Waals surface area contributed by atoms with E-state index in [9.17, 15) is 0 Å². The molecule has 0 fully saturated rings. The van der Waals surface area contributed by atoms with Gasteiger partial charge in [0.05, 0.1) is 0 Å². The third-order valence-corrected chi connectivity index (χ3v) is 2.99. The molecule has 2 heteroatoms. The van der Waals surface area contributed by atoms with Crippen LogP contribution in [0, 0.1) is 0 Å². The Morgan fingerprint density at radius 3 is 2.91 bits per heavy atom. The second-order valence-electron chi connectivity index (χ2n) is 2.70. The first-order chi connectivity index (χ1) is 5.38. The van der Waals surface area contributed by atoms with E-state index in [1.807, 2.05) is 11.3 Å². The highest BCUT2D eigenvalue weighted by molar-refractivity contribution is 7.10. The molecule has 0 aromatic carbocycles. The molecule has 0 amide bonds. The third-order valence-electron chi connectivity index (χ3n) is 1.95. The first-order valence-electron chi connectivity index (χ1n) is 4.12. The summed E-state index contributed by atoms with van der Waals surface area (Å²) in [6.45, 7) is 3.02. The van der Waals surface area contributed by atoms with Crippen LogP contribution in [0.4, 0.5) is 0 Å². The molecule has 1 heterocycles. The van der Waals surface area contributed by atoms with Gasteiger partial charge in [-0.1, -0.05) is 13.0 Å². The van der Waals surface area contributed by atoms with Gasteiger partial charge in [0.2, 0.25) is 0 Å². The van der Waals surface area contributed by atoms with E-state index in [-0.39, 0.29) is 0 Å². The lowest BCUT2D eigenvalue weighted by atomic mass is 10.0. The molecule has 2 N–H and O–H groups in total. The number of rotatable bonds is 4. The van der Waals surface area contributed by atoms with Crippen LogP contribution in [0.25, 0.3) is 0 Å². The molecule has 1 aromatic heterocycles. The first kappa shape index (κ1) is 8.75. The fraction of sp³-hybridized carbons (Fsp3) is 0.556. The second kappa shape index (κ2) is 4.52. The predicted molar refractivity (Wildman–Crippen MR) is 51.0 cm³/mol. The summed E-state index contributed by atoms with van der Waals surface area (Å²) in [5, 5.41) is 2.13. The summed E-state index contributed by atoms with van der Waals surface area (Å²) in [6, 6.07) is 4.31. The van der Waals surface area contributed by atoms with E-state index in [2.05, 4.69) is 24.4 Å². The maximum absolute atomic E-state index is 5.52. The van der Waals surface area contributed by atoms with Crippen molar-refractivity contribution in [3.8, 4) is 0 Å². The van der Waals surface area contributed by atoms with E-state index < -0.39 is 0 Å². The van der Waals surface area contributed by atoms with Gasteiger partial charge in [-0.25, -0.2) is 0 Å². The van der Waals surface area contributed by atoms with Gasteiger partial charge < -0.3 is 5.73 Å². The normalized spacial score (nSPS) is 13.3. The highest BCUT2D eigenvalue weighted by atomic mass is 32.1. The first-order valence-corrected chi connectivity index (χ1v) is 5.00. The van der Waals surface area contributed by atoms with Crippen molar-refractivity contribution >= 4 is 11.3 Å². The highest BCUT2D eigenvalue weighted by Gasteiger charge is 2.07. The molecule has 0 saturated carbocycles. The number of thiophene rings is 1. The molecule has 1 nitrogen and oxygen atoms in total. The molecule has 0 bridgehead atoms. The molecule has 1 atom stereocenters. The van der Waals surface area contributed by atoms with Crippen LogP contribution >= 0.6 is 11.3 Å². The van der Waals surface area contributed by atoms with Crippen LogP contribution in [0.15, 0.2) is 17.5 Å². The van der Waals surface area contributed by atoms with Crippen LogP contribution < -0.4 is 5.73 Å². The topological polar surface area (TPSA) is 26.0 Å². The minimum absolute atomic E-state index is 0.694. The molecule has 11 heavy (non-hydrogen) atoms. The standard InChI is InChI=1S/C9H15NS/c1-2-8(5-6-10)9-4-3-7-11-9/h3-4,7-8H,2,5-6,10H2,1H3. The zero-order valence-corrected chi connectivity index (χ0v) is 7.73. The van der Waals surface area contributed by atoms with Crippen LogP contribution in [0.2, 0.25) is 0 Å². The summed E-state index contributed by atoms with van der Waals surface area (Å²) in [4.78, 5) is 1.48. The summed E-state index contributed by atoms with van der Waals surface area (Å²) in [5.74, 6) is 0.694. The van der Waals surface area contributed by atoms with Gasteiger partial charge in [-0.15, -0.1) is 11.3 Å². The van der Waals surface area contributed by atoms with E-state index >= 15 is 0 Å². The van der Waals surface area contributed by atoms with Crippen molar-refractivity contribution in [3.05, 3.63) is 22.4 Å². The lowest BCUT2D eigenvalue weighted by Gasteiger charge is -2.10. The van der Waals surface area contributed by atoms with Gasteiger partial charge in [0, 0.05) is 4.88 Å². The van der Waals surface area contributed by atoms with Crippen molar-refractivity contribution in [2.45, 2.75) is 25.7 Å². The van der Waals surface area contributed by atoms with Gasteiger partial charge in [-0.2, -0.15) is 0 Å². The fourth-order valence-corrected chi connectivity index (χ4v) is 2.22. The van der Waals surface area contributed by atoms with Crippen molar-refractivity contribution in [2.24, 2.45) is 5.73 Å². The van der Waals surface area contributed by atoms with E-state index in [0.29, 0.717) is 5.92 Å². The van der Waals surface area contributed by atoms with Gasteiger partial charge in [-0.05, 0) is 36.8 Å². The van der Waals surface area contributed by atoms with Crippen molar-refractivity contribution in [1.82, 2.24) is 0 Å². The molecular weight excluding hydrogens is 154 g/mol. The summed E-state index contributed by atoms with van der Waals surface area (Å²) in [7, 11) is 0. The fourth-order valence-electron chi connectivity index (χ4n) is 1.27. The SMILES string of the molecule is CCC(CCN)c1cccs1. The van der Waals surface area contributed by atoms with E-state index in [1.165, 1.54) is 11.3 Å². The van der Waals surface area contributed by atoms with Gasteiger partial charge >= 0.3 is 0 Å². The number of hydrogen-bond acceptors (Lipinski definition) is 2. The van der Waals surface area contributed by atoms with Crippen molar-refractivity contribution < 1.29 is 0 Å². The molecule has 1 aromatic rings. The van der Waals surface area contributed by atoms with Crippen LogP contribution in [0.5, 0.6) is 0 Å². The molecular formula is C9H15NS. The van der Waals surface area contributed by atoms with E-state index in [0.717, 1.165) is 13.0 Å². The van der Waals surface area contributed by atoms with E-state index in [4.69, 9.17) is 5.73 Å². The molecule has 0 saturated heterocycles. The highest BCUT2D eigenvalue weighted by Crippen LogP contribution is 2.26. The van der Waals surface area contributed by atoms with E-state index in [1.54, 1.807) is 0 Å². The summed E-state index contributed by atoms with van der Waals surface area (Å²) in [5.41, 5.74) is 5.52. The van der Waals surface area contributed by atoms with Crippen molar-refractivity contribution in [2.75, 3.05) is 6.54 Å². The Hall–Kier alpha value is -0.340.